The highest BCUT2D eigenvalue weighted by molar-refractivity contribution is 7.92. The number of carbonyl (C=O) groups is 1. The predicted molar refractivity (Wildman–Crippen MR) is 100.0 cm³/mol. The Kier molecular flexibility index (Phi) is 5.69. The summed E-state index contributed by atoms with van der Waals surface area (Å²) < 4.78 is 30.2. The van der Waals surface area contributed by atoms with Crippen LogP contribution in [0.4, 0.5) is 11.4 Å². The number of amides is 1. The van der Waals surface area contributed by atoms with Crippen LogP contribution in [0.5, 0.6) is 5.75 Å². The van der Waals surface area contributed by atoms with Gasteiger partial charge in [0.1, 0.15) is 5.75 Å². The maximum Gasteiger partial charge on any atom is 0.256 e. The molecule has 0 aliphatic rings. The van der Waals surface area contributed by atoms with Crippen molar-refractivity contribution in [3.05, 3.63) is 53.6 Å². The van der Waals surface area contributed by atoms with E-state index in [4.69, 9.17) is 4.74 Å². The number of nitrogens with one attached hydrogen (secondary N) is 1. The Hall–Kier alpha value is -2.54. The summed E-state index contributed by atoms with van der Waals surface area (Å²) in [5.74, 6) is 0.258. The minimum atomic E-state index is -3.41. The third kappa shape index (κ3) is 4.30. The Morgan fingerprint density at radius 1 is 1.16 bits per heavy atom. The van der Waals surface area contributed by atoms with Crippen molar-refractivity contribution in [1.82, 2.24) is 0 Å². The lowest BCUT2D eigenvalue weighted by Gasteiger charge is -2.20. The van der Waals surface area contributed by atoms with Crippen molar-refractivity contribution in [3.63, 3.8) is 0 Å². The zero-order chi connectivity index (χ0) is 18.6. The highest BCUT2D eigenvalue weighted by Gasteiger charge is 2.19. The molecule has 2 aromatic rings. The van der Waals surface area contributed by atoms with Gasteiger partial charge in [-0.1, -0.05) is 18.2 Å². The minimum Gasteiger partial charge on any atom is -0.492 e. The Labute approximate surface area is 148 Å². The van der Waals surface area contributed by atoms with Gasteiger partial charge >= 0.3 is 0 Å². The number of para-hydroxylation sites is 2. The van der Waals surface area contributed by atoms with E-state index in [0.29, 0.717) is 34.9 Å². The van der Waals surface area contributed by atoms with Gasteiger partial charge in [-0.2, -0.15) is 0 Å². The summed E-state index contributed by atoms with van der Waals surface area (Å²) in [6.07, 6.45) is 1.12. The summed E-state index contributed by atoms with van der Waals surface area (Å²) in [6, 6.07) is 12.2. The lowest BCUT2D eigenvalue weighted by atomic mass is 10.1. The second-order valence-corrected chi connectivity index (χ2v) is 7.58. The molecule has 6 nitrogen and oxygen atoms in total. The van der Waals surface area contributed by atoms with Crippen LogP contribution in [0.1, 0.15) is 22.8 Å². The first-order chi connectivity index (χ1) is 11.8. The maximum absolute atomic E-state index is 12.7. The lowest BCUT2D eigenvalue weighted by molar-refractivity contribution is 0.102. The molecule has 134 valence electrons. The molecule has 0 aromatic heterocycles. The molecule has 0 spiro atoms. The molecule has 0 saturated carbocycles. The van der Waals surface area contributed by atoms with E-state index in [1.807, 2.05) is 13.0 Å². The van der Waals surface area contributed by atoms with Crippen molar-refractivity contribution in [2.45, 2.75) is 13.8 Å². The number of benzene rings is 2. The monoisotopic (exact) mass is 362 g/mol. The van der Waals surface area contributed by atoms with Gasteiger partial charge in [0.15, 0.2) is 0 Å². The third-order valence-corrected chi connectivity index (χ3v) is 5.01. The molecule has 25 heavy (non-hydrogen) atoms. The first-order valence-corrected chi connectivity index (χ1v) is 9.67. The molecule has 0 aliphatic heterocycles. The van der Waals surface area contributed by atoms with Gasteiger partial charge in [0, 0.05) is 12.6 Å². The summed E-state index contributed by atoms with van der Waals surface area (Å²) in [5.41, 5.74) is 2.02. The molecule has 2 rings (SSSR count). The van der Waals surface area contributed by atoms with E-state index >= 15 is 0 Å². The normalized spacial score (nSPS) is 11.0. The quantitative estimate of drug-likeness (QED) is 0.857. The first kappa shape index (κ1) is 18.8. The van der Waals surface area contributed by atoms with E-state index in [0.717, 1.165) is 10.6 Å². The van der Waals surface area contributed by atoms with Crippen molar-refractivity contribution in [2.24, 2.45) is 0 Å². The zero-order valence-corrected chi connectivity index (χ0v) is 15.6. The van der Waals surface area contributed by atoms with Crippen molar-refractivity contribution < 1.29 is 17.9 Å². The zero-order valence-electron chi connectivity index (χ0n) is 14.7. The van der Waals surface area contributed by atoms with Crippen LogP contribution >= 0.6 is 0 Å². The van der Waals surface area contributed by atoms with Gasteiger partial charge < -0.3 is 10.1 Å². The standard InChI is InChI=1S/C18H22N2O4S/c1-5-24-17-12-7-6-10-15(17)19-18(21)14-9-8-11-16(13(14)2)20(3)25(4,22)23/h6-12H,5H2,1-4H3,(H,19,21). The van der Waals surface area contributed by atoms with Crippen LogP contribution < -0.4 is 14.4 Å². The first-order valence-electron chi connectivity index (χ1n) is 7.82. The second kappa shape index (κ2) is 7.57. The van der Waals surface area contributed by atoms with Crippen molar-refractivity contribution >= 4 is 27.3 Å². The van der Waals surface area contributed by atoms with Crippen molar-refractivity contribution in [3.8, 4) is 5.75 Å². The van der Waals surface area contributed by atoms with Crippen LogP contribution in [0.2, 0.25) is 0 Å². The van der Waals surface area contributed by atoms with Gasteiger partial charge in [-0.25, -0.2) is 8.42 Å². The van der Waals surface area contributed by atoms with Crippen molar-refractivity contribution in [2.75, 3.05) is 29.5 Å². The Morgan fingerprint density at radius 3 is 2.48 bits per heavy atom. The second-order valence-electron chi connectivity index (χ2n) is 5.56. The summed E-state index contributed by atoms with van der Waals surface area (Å²) >= 11 is 0. The SMILES string of the molecule is CCOc1ccccc1NC(=O)c1cccc(N(C)S(C)(=O)=O)c1C. The van der Waals surface area contributed by atoms with Gasteiger partial charge in [-0.3, -0.25) is 9.10 Å². The van der Waals surface area contributed by atoms with E-state index < -0.39 is 10.0 Å². The number of carbonyl (C=O) groups excluding carboxylic acids is 1. The van der Waals surface area contributed by atoms with E-state index in [9.17, 15) is 13.2 Å². The lowest BCUT2D eigenvalue weighted by Crippen LogP contribution is -2.26. The summed E-state index contributed by atoms with van der Waals surface area (Å²) in [6.45, 7) is 4.08. The third-order valence-electron chi connectivity index (χ3n) is 3.82. The molecule has 0 aliphatic carbocycles. The largest absolute Gasteiger partial charge is 0.492 e. The van der Waals surface area contributed by atoms with Crippen LogP contribution in [0.3, 0.4) is 0 Å². The number of rotatable bonds is 6. The van der Waals surface area contributed by atoms with Crippen LogP contribution in [-0.2, 0) is 10.0 Å². The Morgan fingerprint density at radius 2 is 1.84 bits per heavy atom. The van der Waals surface area contributed by atoms with Crippen LogP contribution in [-0.4, -0.2) is 34.2 Å². The maximum atomic E-state index is 12.7. The molecule has 0 radical (unpaired) electrons. The molecule has 1 N–H and O–H groups in total. The van der Waals surface area contributed by atoms with E-state index in [-0.39, 0.29) is 5.91 Å². The summed E-state index contributed by atoms with van der Waals surface area (Å²) in [7, 11) is -1.95. The average Bonchev–Trinajstić information content (AvgIpc) is 2.55. The summed E-state index contributed by atoms with van der Waals surface area (Å²) in [4.78, 5) is 12.7. The smallest absolute Gasteiger partial charge is 0.256 e. The number of anilines is 2. The Bertz CT molecular complexity index is 878. The molecule has 2 aromatic carbocycles. The molecule has 7 heteroatoms. The average molecular weight is 362 g/mol. The van der Waals surface area contributed by atoms with Gasteiger partial charge in [-0.15, -0.1) is 0 Å². The van der Waals surface area contributed by atoms with Gasteiger partial charge in [-0.05, 0) is 43.7 Å². The molecular weight excluding hydrogens is 340 g/mol. The van der Waals surface area contributed by atoms with Gasteiger partial charge in [0.2, 0.25) is 10.0 Å². The fourth-order valence-electron chi connectivity index (χ4n) is 2.43. The molecule has 0 saturated heterocycles. The number of hydrogen-bond donors (Lipinski definition) is 1. The molecule has 0 unspecified atom stereocenters. The minimum absolute atomic E-state index is 0.326. The van der Waals surface area contributed by atoms with Crippen molar-refractivity contribution in [1.29, 1.82) is 0 Å². The van der Waals surface area contributed by atoms with E-state index in [1.165, 1.54) is 7.05 Å². The fourth-order valence-corrected chi connectivity index (χ4v) is 2.99. The highest BCUT2D eigenvalue weighted by atomic mass is 32.2. The van der Waals surface area contributed by atoms with E-state index in [2.05, 4.69) is 5.32 Å². The Balaban J connectivity index is 2.35. The molecule has 0 fully saturated rings. The van der Waals surface area contributed by atoms with Gasteiger partial charge in [0.05, 0.1) is 24.2 Å². The topological polar surface area (TPSA) is 75.7 Å². The van der Waals surface area contributed by atoms with Crippen LogP contribution in [0.15, 0.2) is 42.5 Å². The number of ether oxygens (including phenoxy) is 1. The predicted octanol–water partition coefficient (Wildman–Crippen LogP) is 3.04. The fraction of sp³-hybridized carbons (Fsp3) is 0.278. The highest BCUT2D eigenvalue weighted by Crippen LogP contribution is 2.27. The molecule has 0 atom stereocenters. The molecule has 1 amide bonds. The van der Waals surface area contributed by atoms with Crippen LogP contribution in [0.25, 0.3) is 0 Å². The van der Waals surface area contributed by atoms with Crippen LogP contribution in [0, 0.1) is 6.92 Å². The number of sulfonamides is 1. The van der Waals surface area contributed by atoms with E-state index in [1.54, 1.807) is 43.3 Å². The molecule has 0 heterocycles. The molecular formula is C18H22N2O4S. The summed E-state index contributed by atoms with van der Waals surface area (Å²) in [5, 5.41) is 2.83. The number of hydrogen-bond acceptors (Lipinski definition) is 4. The number of nitrogens with zero attached hydrogens (tertiary/aromatic N) is 1. The molecule has 0 bridgehead atoms. The van der Waals surface area contributed by atoms with Gasteiger partial charge in [0.25, 0.3) is 5.91 Å².